The zero-order chi connectivity index (χ0) is 17.1. The molecule has 0 aliphatic rings. The van der Waals surface area contributed by atoms with Gasteiger partial charge in [-0.2, -0.15) is 5.10 Å². The molecule has 1 unspecified atom stereocenters. The highest BCUT2D eigenvalue weighted by Crippen LogP contribution is 2.31. The lowest BCUT2D eigenvalue weighted by molar-refractivity contribution is 0.354. The predicted molar refractivity (Wildman–Crippen MR) is 89.1 cm³/mol. The summed E-state index contributed by atoms with van der Waals surface area (Å²) >= 11 is 0. The molecule has 2 aromatic carbocycles. The first-order valence-corrected chi connectivity index (χ1v) is 7.32. The van der Waals surface area contributed by atoms with Crippen LogP contribution in [0.1, 0.15) is 17.4 Å². The largest absolute Gasteiger partial charge is 0.507 e. The van der Waals surface area contributed by atoms with E-state index in [0.717, 1.165) is 5.56 Å². The Morgan fingerprint density at radius 1 is 1.08 bits per heavy atom. The molecule has 0 amide bonds. The average molecular weight is 326 g/mol. The van der Waals surface area contributed by atoms with Crippen molar-refractivity contribution in [2.45, 2.75) is 6.04 Å². The minimum atomic E-state index is -0.517. The molecule has 0 aliphatic carbocycles. The second kappa shape index (κ2) is 6.59. The number of rotatable bonds is 5. The number of aromatic hydroxyl groups is 1. The highest BCUT2D eigenvalue weighted by atomic mass is 16.5. The van der Waals surface area contributed by atoms with Crippen LogP contribution in [-0.2, 0) is 0 Å². The van der Waals surface area contributed by atoms with Gasteiger partial charge in [0.25, 0.3) is 0 Å². The minimum Gasteiger partial charge on any atom is -0.507 e. The Labute approximate surface area is 139 Å². The van der Waals surface area contributed by atoms with Gasteiger partial charge in [-0.05, 0) is 29.8 Å². The molecule has 0 fully saturated rings. The Morgan fingerprint density at radius 3 is 2.54 bits per heavy atom. The van der Waals surface area contributed by atoms with Gasteiger partial charge < -0.3 is 20.3 Å². The summed E-state index contributed by atoms with van der Waals surface area (Å²) in [6.07, 6.45) is 0. The Hall–Kier alpha value is -3.06. The molecule has 1 aromatic heterocycles. The van der Waals surface area contributed by atoms with Crippen molar-refractivity contribution in [2.24, 2.45) is 5.73 Å². The maximum absolute atomic E-state index is 9.90. The van der Waals surface area contributed by atoms with Crippen molar-refractivity contribution in [3.05, 3.63) is 53.9 Å². The molecule has 1 atom stereocenters. The second-order valence-corrected chi connectivity index (χ2v) is 5.15. The summed E-state index contributed by atoms with van der Waals surface area (Å²) in [5.41, 5.74) is 7.61. The SMILES string of the molecule is COc1ccc(C(N)c2nc(-c3ccccc3O)n[nH]2)cc1OC. The van der Waals surface area contributed by atoms with E-state index in [1.807, 2.05) is 6.07 Å². The topological polar surface area (TPSA) is 106 Å². The number of aromatic nitrogens is 3. The highest BCUT2D eigenvalue weighted by molar-refractivity contribution is 5.63. The Balaban J connectivity index is 1.91. The van der Waals surface area contributed by atoms with Crippen molar-refractivity contribution < 1.29 is 14.6 Å². The lowest BCUT2D eigenvalue weighted by Gasteiger charge is -2.13. The lowest BCUT2D eigenvalue weighted by atomic mass is 10.1. The zero-order valence-electron chi connectivity index (χ0n) is 13.4. The number of ether oxygens (including phenoxy) is 2. The zero-order valence-corrected chi connectivity index (χ0v) is 13.4. The number of nitrogens with zero attached hydrogens (tertiary/aromatic N) is 2. The molecule has 7 nitrogen and oxygen atoms in total. The fourth-order valence-corrected chi connectivity index (χ4v) is 2.40. The summed E-state index contributed by atoms with van der Waals surface area (Å²) in [5, 5.41) is 16.9. The maximum Gasteiger partial charge on any atom is 0.184 e. The molecule has 0 saturated heterocycles. The molecule has 3 aromatic rings. The van der Waals surface area contributed by atoms with Gasteiger partial charge in [0.15, 0.2) is 17.3 Å². The Kier molecular flexibility index (Phi) is 4.35. The molecule has 7 heteroatoms. The van der Waals surface area contributed by atoms with E-state index in [-0.39, 0.29) is 5.75 Å². The molecule has 0 radical (unpaired) electrons. The lowest BCUT2D eigenvalue weighted by Crippen LogP contribution is -2.14. The van der Waals surface area contributed by atoms with E-state index in [1.54, 1.807) is 50.6 Å². The number of para-hydroxylation sites is 1. The summed E-state index contributed by atoms with van der Waals surface area (Å²) in [6.45, 7) is 0. The molecular formula is C17H18N4O3. The van der Waals surface area contributed by atoms with Crippen LogP contribution in [0.25, 0.3) is 11.4 Å². The van der Waals surface area contributed by atoms with Gasteiger partial charge in [-0.1, -0.05) is 18.2 Å². The molecule has 4 N–H and O–H groups in total. The van der Waals surface area contributed by atoms with Gasteiger partial charge >= 0.3 is 0 Å². The fourth-order valence-electron chi connectivity index (χ4n) is 2.40. The molecule has 24 heavy (non-hydrogen) atoms. The van der Waals surface area contributed by atoms with Gasteiger partial charge in [-0.25, -0.2) is 4.98 Å². The third-order valence-electron chi connectivity index (χ3n) is 3.71. The molecular weight excluding hydrogens is 308 g/mol. The normalized spacial score (nSPS) is 12.0. The van der Waals surface area contributed by atoms with Crippen LogP contribution in [0.3, 0.4) is 0 Å². The van der Waals surface area contributed by atoms with Crippen LogP contribution >= 0.6 is 0 Å². The van der Waals surface area contributed by atoms with Gasteiger partial charge in [0.1, 0.15) is 11.6 Å². The first-order chi connectivity index (χ1) is 11.6. The second-order valence-electron chi connectivity index (χ2n) is 5.15. The van der Waals surface area contributed by atoms with Crippen molar-refractivity contribution >= 4 is 0 Å². The number of phenolic OH excluding ortho intramolecular Hbond substituents is 1. The summed E-state index contributed by atoms with van der Waals surface area (Å²) in [5.74, 6) is 2.20. The summed E-state index contributed by atoms with van der Waals surface area (Å²) in [7, 11) is 3.14. The maximum atomic E-state index is 9.90. The van der Waals surface area contributed by atoms with E-state index in [2.05, 4.69) is 15.2 Å². The van der Waals surface area contributed by atoms with Crippen LogP contribution in [0, 0.1) is 0 Å². The van der Waals surface area contributed by atoms with Crippen LogP contribution in [0.4, 0.5) is 0 Å². The van der Waals surface area contributed by atoms with E-state index in [1.165, 1.54) is 0 Å². The molecule has 3 rings (SSSR count). The number of hydrogen-bond donors (Lipinski definition) is 3. The van der Waals surface area contributed by atoms with E-state index in [9.17, 15) is 5.11 Å². The van der Waals surface area contributed by atoms with Crippen molar-refractivity contribution in [1.29, 1.82) is 0 Å². The number of nitrogens with one attached hydrogen (secondary N) is 1. The van der Waals surface area contributed by atoms with Crippen LogP contribution < -0.4 is 15.2 Å². The first-order valence-electron chi connectivity index (χ1n) is 7.32. The third-order valence-corrected chi connectivity index (χ3v) is 3.71. The minimum absolute atomic E-state index is 0.114. The number of nitrogens with two attached hydrogens (primary N) is 1. The average Bonchev–Trinajstić information content (AvgIpc) is 3.10. The van der Waals surface area contributed by atoms with Crippen LogP contribution in [0.5, 0.6) is 17.2 Å². The molecule has 1 heterocycles. The van der Waals surface area contributed by atoms with Crippen LogP contribution in [0.15, 0.2) is 42.5 Å². The number of hydrogen-bond acceptors (Lipinski definition) is 6. The van der Waals surface area contributed by atoms with Crippen molar-refractivity contribution in [2.75, 3.05) is 14.2 Å². The molecule has 124 valence electrons. The summed E-state index contributed by atoms with van der Waals surface area (Å²) < 4.78 is 10.5. The molecule has 0 bridgehead atoms. The monoisotopic (exact) mass is 326 g/mol. The van der Waals surface area contributed by atoms with Gasteiger partial charge in [0.2, 0.25) is 0 Å². The van der Waals surface area contributed by atoms with E-state index in [4.69, 9.17) is 15.2 Å². The number of H-pyrrole nitrogens is 1. The third kappa shape index (κ3) is 2.89. The molecule has 0 aliphatic heterocycles. The quantitative estimate of drug-likeness (QED) is 0.664. The first kappa shape index (κ1) is 15.8. The van der Waals surface area contributed by atoms with Crippen molar-refractivity contribution in [1.82, 2.24) is 15.2 Å². The molecule has 0 saturated carbocycles. The number of methoxy groups -OCH3 is 2. The number of phenols is 1. The van der Waals surface area contributed by atoms with Gasteiger partial charge in [-0.3, -0.25) is 5.10 Å². The predicted octanol–water partition coefficient (Wildman–Crippen LogP) is 2.24. The van der Waals surface area contributed by atoms with Crippen molar-refractivity contribution in [3.63, 3.8) is 0 Å². The molecule has 0 spiro atoms. The van der Waals surface area contributed by atoms with E-state index in [0.29, 0.717) is 28.7 Å². The Morgan fingerprint density at radius 2 is 1.83 bits per heavy atom. The van der Waals surface area contributed by atoms with Crippen LogP contribution in [0.2, 0.25) is 0 Å². The van der Waals surface area contributed by atoms with E-state index < -0.39 is 6.04 Å². The summed E-state index contributed by atoms with van der Waals surface area (Å²) in [4.78, 5) is 4.39. The Bertz CT molecular complexity index is 847. The van der Waals surface area contributed by atoms with Gasteiger partial charge in [0, 0.05) is 0 Å². The van der Waals surface area contributed by atoms with E-state index >= 15 is 0 Å². The number of aromatic amines is 1. The standard InChI is InChI=1S/C17H18N4O3/c1-23-13-8-7-10(9-14(13)24-2)15(18)17-19-16(20-21-17)11-5-3-4-6-12(11)22/h3-9,15,22H,18H2,1-2H3,(H,19,20,21). The van der Waals surface area contributed by atoms with Crippen LogP contribution in [-0.4, -0.2) is 34.5 Å². The smallest absolute Gasteiger partial charge is 0.184 e. The number of benzene rings is 2. The van der Waals surface area contributed by atoms with Gasteiger partial charge in [-0.15, -0.1) is 0 Å². The van der Waals surface area contributed by atoms with Crippen molar-refractivity contribution in [3.8, 4) is 28.6 Å². The highest BCUT2D eigenvalue weighted by Gasteiger charge is 2.18. The summed E-state index contributed by atoms with van der Waals surface area (Å²) in [6, 6.07) is 11.8. The fraction of sp³-hybridized carbons (Fsp3) is 0.176. The van der Waals surface area contributed by atoms with Gasteiger partial charge in [0.05, 0.1) is 25.8 Å².